The molecular weight excluding hydrogens is 305 g/mol. The lowest BCUT2D eigenvalue weighted by molar-refractivity contribution is -0.903. The lowest BCUT2D eigenvalue weighted by Crippen LogP contribution is -3.11. The average molecular weight is 330 g/mol. The molecular formula is C19H25FN3O+. The lowest BCUT2D eigenvalue weighted by atomic mass is 10.2. The number of amides is 1. The van der Waals surface area contributed by atoms with E-state index in [0.717, 1.165) is 18.8 Å². The summed E-state index contributed by atoms with van der Waals surface area (Å²) in [6.45, 7) is 4.09. The zero-order chi connectivity index (χ0) is 17.5. The number of anilines is 2. The second kappa shape index (κ2) is 8.45. The largest absolute Gasteiger partial charge is 0.378 e. The maximum Gasteiger partial charge on any atom is 0.279 e. The molecule has 4 nitrogen and oxygen atoms in total. The van der Waals surface area contributed by atoms with Gasteiger partial charge >= 0.3 is 0 Å². The van der Waals surface area contributed by atoms with Crippen LogP contribution in [0.5, 0.6) is 0 Å². The maximum absolute atomic E-state index is 12.9. The first-order chi connectivity index (χ1) is 11.5. The van der Waals surface area contributed by atoms with Gasteiger partial charge < -0.3 is 15.1 Å². The predicted octanol–water partition coefficient (Wildman–Crippen LogP) is 1.94. The Morgan fingerprint density at radius 2 is 1.71 bits per heavy atom. The molecule has 0 spiro atoms. The highest BCUT2D eigenvalue weighted by Crippen LogP contribution is 2.11. The summed E-state index contributed by atoms with van der Waals surface area (Å²) in [5.41, 5.74) is 2.98. The molecule has 24 heavy (non-hydrogen) atoms. The lowest BCUT2D eigenvalue weighted by Gasteiger charge is -2.18. The number of carbonyl (C=O) groups is 1. The summed E-state index contributed by atoms with van der Waals surface area (Å²) in [7, 11) is 4.02. The second-order valence-electron chi connectivity index (χ2n) is 6.07. The molecule has 0 fully saturated rings. The van der Waals surface area contributed by atoms with Gasteiger partial charge in [0.05, 0.1) is 6.54 Å². The first kappa shape index (κ1) is 17.9. The average Bonchev–Trinajstić information content (AvgIpc) is 2.56. The topological polar surface area (TPSA) is 36.8 Å². The van der Waals surface area contributed by atoms with Crippen LogP contribution in [0.1, 0.15) is 12.5 Å². The number of benzene rings is 2. The van der Waals surface area contributed by atoms with E-state index in [1.165, 1.54) is 22.6 Å². The summed E-state index contributed by atoms with van der Waals surface area (Å²) in [4.78, 5) is 15.4. The van der Waals surface area contributed by atoms with Crippen molar-refractivity contribution in [3.05, 3.63) is 59.9 Å². The molecule has 2 N–H and O–H groups in total. The summed E-state index contributed by atoms with van der Waals surface area (Å²) in [6.07, 6.45) is 0. The van der Waals surface area contributed by atoms with Crippen LogP contribution in [0.15, 0.2) is 48.5 Å². The van der Waals surface area contributed by atoms with Crippen molar-refractivity contribution in [1.82, 2.24) is 0 Å². The normalized spacial score (nSPS) is 11.8. The number of likely N-dealkylation sites (N-methyl/N-ethyl adjacent to an activating group) is 1. The van der Waals surface area contributed by atoms with E-state index < -0.39 is 0 Å². The Bertz CT molecular complexity index is 653. The van der Waals surface area contributed by atoms with E-state index in [0.29, 0.717) is 12.2 Å². The monoisotopic (exact) mass is 330 g/mol. The van der Waals surface area contributed by atoms with Crippen LogP contribution in [0.25, 0.3) is 0 Å². The van der Waals surface area contributed by atoms with Crippen molar-refractivity contribution in [2.24, 2.45) is 0 Å². The van der Waals surface area contributed by atoms with Crippen LogP contribution in [0.3, 0.4) is 0 Å². The molecule has 5 heteroatoms. The Hall–Kier alpha value is -2.40. The first-order valence-corrected chi connectivity index (χ1v) is 8.13. The molecule has 128 valence electrons. The van der Waals surface area contributed by atoms with Gasteiger partial charge in [-0.2, -0.15) is 0 Å². The number of carbonyl (C=O) groups excluding carboxylic acids is 1. The van der Waals surface area contributed by atoms with Crippen molar-refractivity contribution < 1.29 is 14.1 Å². The summed E-state index contributed by atoms with van der Waals surface area (Å²) in [5, 5.41) is 2.81. The van der Waals surface area contributed by atoms with Crippen LogP contribution in [0.2, 0.25) is 0 Å². The van der Waals surface area contributed by atoms with Crippen LogP contribution in [-0.2, 0) is 11.3 Å². The molecule has 2 rings (SSSR count). The first-order valence-electron chi connectivity index (χ1n) is 8.13. The molecule has 0 aliphatic heterocycles. The zero-order valence-electron chi connectivity index (χ0n) is 14.5. The third-order valence-electron chi connectivity index (χ3n) is 3.95. The van der Waals surface area contributed by atoms with Gasteiger partial charge in [-0.1, -0.05) is 12.1 Å². The van der Waals surface area contributed by atoms with Gasteiger partial charge in [0.2, 0.25) is 0 Å². The highest BCUT2D eigenvalue weighted by molar-refractivity contribution is 5.91. The van der Waals surface area contributed by atoms with E-state index >= 15 is 0 Å². The SMILES string of the molecule is CC[NH+](CC(=O)Nc1ccc(F)cc1)Cc1ccc(N(C)C)cc1. The van der Waals surface area contributed by atoms with Gasteiger partial charge in [-0.05, 0) is 43.3 Å². The van der Waals surface area contributed by atoms with Crippen molar-refractivity contribution in [1.29, 1.82) is 0 Å². The van der Waals surface area contributed by atoms with Crippen LogP contribution in [0, 0.1) is 5.82 Å². The van der Waals surface area contributed by atoms with Crippen LogP contribution in [0.4, 0.5) is 15.8 Å². The number of hydrogen-bond donors (Lipinski definition) is 2. The summed E-state index contributed by atoms with van der Waals surface area (Å²) in [5.74, 6) is -0.377. The summed E-state index contributed by atoms with van der Waals surface area (Å²) >= 11 is 0. The quantitative estimate of drug-likeness (QED) is 0.814. The number of nitrogens with zero attached hydrogens (tertiary/aromatic N) is 1. The van der Waals surface area contributed by atoms with Gasteiger partial charge in [-0.3, -0.25) is 4.79 Å². The molecule has 0 aliphatic carbocycles. The maximum atomic E-state index is 12.9. The van der Waals surface area contributed by atoms with E-state index in [1.54, 1.807) is 12.1 Å². The van der Waals surface area contributed by atoms with E-state index in [4.69, 9.17) is 0 Å². The smallest absolute Gasteiger partial charge is 0.279 e. The highest BCUT2D eigenvalue weighted by Gasteiger charge is 2.13. The Kier molecular flexibility index (Phi) is 6.32. The van der Waals surface area contributed by atoms with Gasteiger partial charge in [0.1, 0.15) is 12.4 Å². The molecule has 1 unspecified atom stereocenters. The second-order valence-corrected chi connectivity index (χ2v) is 6.07. The summed E-state index contributed by atoms with van der Waals surface area (Å²) in [6, 6.07) is 14.2. The third-order valence-corrected chi connectivity index (χ3v) is 3.95. The summed E-state index contributed by atoms with van der Waals surface area (Å²) < 4.78 is 12.9. The van der Waals surface area contributed by atoms with Crippen LogP contribution < -0.4 is 15.1 Å². The molecule has 1 atom stereocenters. The van der Waals surface area contributed by atoms with Gasteiger partial charge in [0.15, 0.2) is 6.54 Å². The van der Waals surface area contributed by atoms with Crippen LogP contribution >= 0.6 is 0 Å². The van der Waals surface area contributed by atoms with Crippen molar-refractivity contribution in [2.45, 2.75) is 13.5 Å². The Morgan fingerprint density at radius 1 is 1.08 bits per heavy atom. The van der Waals surface area contributed by atoms with E-state index in [2.05, 4.69) is 41.4 Å². The Balaban J connectivity index is 1.91. The fourth-order valence-electron chi connectivity index (χ4n) is 2.48. The molecule has 0 aliphatic rings. The zero-order valence-corrected chi connectivity index (χ0v) is 14.5. The Morgan fingerprint density at radius 3 is 2.25 bits per heavy atom. The molecule has 0 bridgehead atoms. The van der Waals surface area contributed by atoms with Gasteiger partial charge in [0.25, 0.3) is 5.91 Å². The van der Waals surface area contributed by atoms with E-state index in [1.807, 2.05) is 14.1 Å². The fourth-order valence-corrected chi connectivity index (χ4v) is 2.48. The van der Waals surface area contributed by atoms with E-state index in [9.17, 15) is 9.18 Å². The number of rotatable bonds is 7. The third kappa shape index (κ3) is 5.35. The van der Waals surface area contributed by atoms with E-state index in [-0.39, 0.29) is 11.7 Å². The van der Waals surface area contributed by atoms with Gasteiger partial charge in [-0.25, -0.2) is 4.39 Å². The molecule has 0 radical (unpaired) electrons. The molecule has 0 saturated heterocycles. The van der Waals surface area contributed by atoms with Crippen molar-refractivity contribution in [3.8, 4) is 0 Å². The van der Waals surface area contributed by atoms with Gasteiger partial charge in [-0.15, -0.1) is 0 Å². The molecule has 2 aromatic rings. The number of halogens is 1. The van der Waals surface area contributed by atoms with Crippen molar-refractivity contribution in [2.75, 3.05) is 37.4 Å². The number of quaternary nitrogens is 1. The van der Waals surface area contributed by atoms with Crippen LogP contribution in [-0.4, -0.2) is 33.1 Å². The van der Waals surface area contributed by atoms with Gasteiger partial charge in [0, 0.05) is 31.0 Å². The molecule has 0 heterocycles. The Labute approximate surface area is 142 Å². The molecule has 1 amide bonds. The van der Waals surface area contributed by atoms with Crippen molar-refractivity contribution in [3.63, 3.8) is 0 Å². The molecule has 0 aromatic heterocycles. The standard InChI is InChI=1S/C19H24FN3O/c1-4-23(13-15-5-11-18(12-6-15)22(2)3)14-19(24)21-17-9-7-16(20)8-10-17/h5-12H,4,13-14H2,1-3H3,(H,21,24)/p+1. The minimum Gasteiger partial charge on any atom is -0.378 e. The minimum atomic E-state index is -0.310. The minimum absolute atomic E-state index is 0.0663. The number of nitrogens with one attached hydrogen (secondary N) is 2. The fraction of sp³-hybridized carbons (Fsp3) is 0.316. The highest BCUT2D eigenvalue weighted by atomic mass is 19.1. The number of hydrogen-bond acceptors (Lipinski definition) is 2. The molecule has 2 aromatic carbocycles. The predicted molar refractivity (Wildman–Crippen MR) is 95.9 cm³/mol. The molecule has 0 saturated carbocycles. The van der Waals surface area contributed by atoms with Crippen molar-refractivity contribution >= 4 is 17.3 Å².